The summed E-state index contributed by atoms with van der Waals surface area (Å²) in [7, 11) is -0.959. The highest BCUT2D eigenvalue weighted by Crippen LogP contribution is 2.34. The van der Waals surface area contributed by atoms with Crippen molar-refractivity contribution in [3.8, 4) is 0 Å². The number of fused-ring (bicyclic) bond motifs is 2. The molecule has 116 heavy (non-hydrogen) atoms. The van der Waals surface area contributed by atoms with Gasteiger partial charge in [-0.3, -0.25) is 83.8 Å². The Morgan fingerprint density at radius 1 is 0.509 bits per heavy atom. The molecule has 11 heterocycles. The van der Waals surface area contributed by atoms with Crippen molar-refractivity contribution in [2.75, 3.05) is 34.7 Å². The molecule has 0 unspecified atom stereocenters. The van der Waals surface area contributed by atoms with E-state index in [4.69, 9.17) is 52.1 Å². The molecule has 0 saturated carbocycles. The third-order valence-corrected chi connectivity index (χ3v) is 22.0. The first kappa shape index (κ1) is 115. The van der Waals surface area contributed by atoms with Crippen molar-refractivity contribution < 1.29 is 49.9 Å². The van der Waals surface area contributed by atoms with E-state index in [1.807, 2.05) is 55.5 Å². The fourth-order valence-electron chi connectivity index (χ4n) is 7.08. The summed E-state index contributed by atoms with van der Waals surface area (Å²) in [5.74, 6) is 0.461. The van der Waals surface area contributed by atoms with Gasteiger partial charge in [0.1, 0.15) is 37.2 Å². The van der Waals surface area contributed by atoms with E-state index >= 15 is 0 Å². The number of sulfone groups is 3. The molecule has 11 aromatic heterocycles. The number of aromatic nitrogens is 18. The Hall–Kier alpha value is -7.36. The highest BCUT2D eigenvalue weighted by Gasteiger charge is 2.33. The summed E-state index contributed by atoms with van der Waals surface area (Å²) in [4.78, 5) is 66.4. The van der Waals surface area contributed by atoms with Crippen LogP contribution < -0.4 is 11.1 Å². The average Bonchev–Trinajstić information content (AvgIpc) is 1.61. The van der Waals surface area contributed by atoms with Crippen LogP contribution in [-0.2, 0) is 71.8 Å². The van der Waals surface area contributed by atoms with Crippen molar-refractivity contribution >= 4 is 250 Å². The SMILES string of the molecule is C.C.CC(C)S.CC(C)S(=O)(=O)c1nn(C)cc1N.CC(C)S(=O)(=O)c1nn(C)cc1Nc1nc(Cl)nc2ccsc12.CC(C)S(=O)(=O)c1nn(C)cc1[N+](=O)[O-].CC(C)Sc1nn(C)cc1[N+](=O)[O-].CI.CS.CS.CS.Clc1nc(Cl)c2sccc2n1.Cn1cc([N+](=O)[O-])c(Cl)n1.Cn1cc([N+](=O)[O-])cn1.O=[N+]([O-])c1cn[nH]c1. The molecule has 0 saturated heterocycles. The Labute approximate surface area is 739 Å². The Morgan fingerprint density at radius 2 is 0.905 bits per heavy atom. The van der Waals surface area contributed by atoms with Crippen LogP contribution in [-0.4, -0.2) is 189 Å². The zero-order valence-electron chi connectivity index (χ0n) is 64.5. The van der Waals surface area contributed by atoms with Gasteiger partial charge in [0.25, 0.3) is 5.03 Å². The molecule has 0 aliphatic carbocycles. The molecule has 0 spiro atoms. The van der Waals surface area contributed by atoms with Gasteiger partial charge in [-0.1, -0.05) is 100 Å². The number of halogens is 5. The molecule has 0 aromatic carbocycles. The van der Waals surface area contributed by atoms with Gasteiger partial charge in [0, 0.05) is 59.9 Å². The van der Waals surface area contributed by atoms with Crippen LogP contribution in [0.15, 0.2) is 98.8 Å². The Kier molecular flexibility index (Phi) is 55.7. The number of hydrogen-bond donors (Lipinski definition) is 7. The summed E-state index contributed by atoms with van der Waals surface area (Å²) in [6.45, 7) is 17.4. The van der Waals surface area contributed by atoms with Gasteiger partial charge >= 0.3 is 28.4 Å². The van der Waals surface area contributed by atoms with Crippen molar-refractivity contribution in [1.82, 2.24) is 88.8 Å². The van der Waals surface area contributed by atoms with Gasteiger partial charge in [0.2, 0.25) is 50.3 Å². The molecule has 11 rings (SSSR count). The van der Waals surface area contributed by atoms with E-state index in [0.29, 0.717) is 37.7 Å². The number of nitrogens with one attached hydrogen (secondary N) is 2. The molecule has 4 N–H and O–H groups in total. The number of thioether (sulfide) groups is 1. The monoisotopic (exact) mass is 2010 g/mol. The van der Waals surface area contributed by atoms with E-state index in [1.165, 1.54) is 116 Å². The van der Waals surface area contributed by atoms with E-state index in [-0.39, 0.29) is 69.1 Å². The molecular weight excluding hydrogens is 1920 g/mol. The minimum atomic E-state index is -3.71. The standard InChI is InChI=1S/C13H14ClN5O2S2.C7H11N3O4S.C7H11N3O2S.C7H13N3O2S.C6H2Cl2N2S.C4H4ClN3O2.C4H5N3O2.C3H3N3O2.C3H8S.CH3I.3CH4S.2CH4/c1-7(2)23(20,21)12-9(6-19(3)18-12)15-11-10-8(4-5-22-10)16-13(14)17-11;1-5(2)15(13,14)7-6(10(11)12)4-9(3)8-7;1-5(2)13-7-6(10(11)12)4-9(3)8-7;1-5(2)13(11,12)7-6(8)4-10(3)9-7;7-5-4-3(1-2-11-4)9-6(8)10-5;1-7-2-3(8(9)10)4(5)6-7;1-6-3-4(2-5-6)7(8)9;7-6(8)3-1-4-5-2-3;1-3(2)4;4*1-2;;/h4-7H,1-3H3,(H,15,16,17);4-5H,1-3H3;4-5H,1-3H3;4-5H,8H2,1-3H3;1-2H;2H,1H3;2-3H,1H3;1-2H,(H,4,5);3-4H,1-2H3;1H3;3*2H,1H3;2*1H4. The molecule has 0 amide bonds. The lowest BCUT2D eigenvalue weighted by molar-refractivity contribution is -0.388. The van der Waals surface area contributed by atoms with E-state index in [2.05, 4.69) is 139 Å². The summed E-state index contributed by atoms with van der Waals surface area (Å²) in [6.07, 6.45) is 16.8. The van der Waals surface area contributed by atoms with Gasteiger partial charge in [-0.15, -0.1) is 22.7 Å². The highest BCUT2D eigenvalue weighted by atomic mass is 127. The van der Waals surface area contributed by atoms with Crippen LogP contribution in [0.1, 0.15) is 84.1 Å². The van der Waals surface area contributed by atoms with Crippen molar-refractivity contribution in [3.63, 3.8) is 0 Å². The highest BCUT2D eigenvalue weighted by molar-refractivity contribution is 14.1. The lowest BCUT2D eigenvalue weighted by atomic mass is 10.4. The number of rotatable bonds is 15. The van der Waals surface area contributed by atoms with Gasteiger partial charge in [0.15, 0.2) is 21.0 Å². The molecule has 11 aromatic rings. The van der Waals surface area contributed by atoms with Crippen LogP contribution in [0.2, 0.25) is 20.9 Å². The van der Waals surface area contributed by atoms with E-state index in [9.17, 15) is 75.8 Å². The second-order valence-corrected chi connectivity index (χ2v) is 35.3. The zero-order valence-corrected chi connectivity index (χ0v) is 78.1. The Bertz CT molecular complexity index is 5170. The number of nitrogen functional groups attached to an aromatic ring is 1. The van der Waals surface area contributed by atoms with Crippen molar-refractivity contribution in [1.29, 1.82) is 0 Å². The number of H-pyrrole nitrogens is 1. The number of nitrogens with zero attached hydrogens (tertiary/aromatic N) is 22. The van der Waals surface area contributed by atoms with Crippen LogP contribution in [0.5, 0.6) is 0 Å². The molecule has 0 radical (unpaired) electrons. The minimum Gasteiger partial charge on any atom is -0.395 e. The van der Waals surface area contributed by atoms with Gasteiger partial charge in [0.05, 0.1) is 78.4 Å². The predicted molar refractivity (Wildman–Crippen MR) is 484 cm³/mol. The molecule has 0 bridgehead atoms. The minimum absolute atomic E-state index is 0. The summed E-state index contributed by atoms with van der Waals surface area (Å²) in [6, 6.07) is 3.69. The van der Waals surface area contributed by atoms with Gasteiger partial charge in [-0.2, -0.15) is 91.2 Å². The van der Waals surface area contributed by atoms with Gasteiger partial charge in [-0.05, 0) is 117 Å². The molecule has 650 valence electrons. The lowest BCUT2D eigenvalue weighted by Gasteiger charge is -2.09. The topological polar surface area (TPSA) is 543 Å². The number of hydrogen-bond acceptors (Lipinski definition) is 36. The molecule has 41 nitrogen and oxygen atoms in total. The summed E-state index contributed by atoms with van der Waals surface area (Å²) in [5, 5.41) is 85.9. The number of anilines is 3. The number of nitrogens with two attached hydrogens (primary N) is 1. The van der Waals surface area contributed by atoms with Crippen molar-refractivity contribution in [2.45, 2.75) is 130 Å². The number of aromatic amines is 1. The van der Waals surface area contributed by atoms with E-state index in [1.54, 1.807) is 87.9 Å². The summed E-state index contributed by atoms with van der Waals surface area (Å²) < 4.78 is 81.3. The maximum absolute atomic E-state index is 12.5. The first-order valence-corrected chi connectivity index (χ1v) is 45.5. The maximum atomic E-state index is 12.5. The van der Waals surface area contributed by atoms with Crippen molar-refractivity contribution in [2.24, 2.45) is 42.3 Å². The maximum Gasteiger partial charge on any atom is 0.326 e. The van der Waals surface area contributed by atoms with Crippen LogP contribution >= 0.6 is 154 Å². The van der Waals surface area contributed by atoms with E-state index < -0.39 is 80.6 Å². The number of aryl methyl sites for hydroxylation is 6. The molecule has 0 aliphatic rings. The zero-order chi connectivity index (χ0) is 88.8. The summed E-state index contributed by atoms with van der Waals surface area (Å²) >= 11 is 43.7. The van der Waals surface area contributed by atoms with Gasteiger partial charge < -0.3 is 11.1 Å². The predicted octanol–water partition coefficient (Wildman–Crippen LogP) is 15.4. The number of thiol groups is 4. The first-order valence-electron chi connectivity index (χ1n) is 31.3. The van der Waals surface area contributed by atoms with Gasteiger partial charge in [-0.25, -0.2) is 40.2 Å². The quantitative estimate of drug-likeness (QED) is 0.00732. The van der Waals surface area contributed by atoms with Crippen LogP contribution in [0, 0.1) is 50.6 Å². The Balaban J connectivity index is -0.000000615. The van der Waals surface area contributed by atoms with Crippen LogP contribution in [0.4, 0.5) is 45.6 Å². The van der Waals surface area contributed by atoms with Crippen LogP contribution in [0.25, 0.3) is 20.4 Å². The molecule has 0 fully saturated rings. The summed E-state index contributed by atoms with van der Waals surface area (Å²) in [5.41, 5.74) is 7.04. The largest absolute Gasteiger partial charge is 0.395 e. The second kappa shape index (κ2) is 56.2. The van der Waals surface area contributed by atoms with E-state index in [0.717, 1.165) is 32.0 Å². The first-order chi connectivity index (χ1) is 53.0. The fourth-order valence-corrected chi connectivity index (χ4v) is 13.7. The molecule has 0 atom stereocenters. The average molecular weight is 2010 g/mol. The third kappa shape index (κ3) is 38.1. The molecule has 0 aliphatic heterocycles. The van der Waals surface area contributed by atoms with Crippen LogP contribution in [0.3, 0.4) is 0 Å². The second-order valence-electron chi connectivity index (χ2n) is 22.2. The molecular formula is C60H94Cl4IN25O16S10. The number of thiophene rings is 2. The number of nitro groups is 5. The third-order valence-electron chi connectivity index (χ3n) is 11.9. The lowest BCUT2D eigenvalue weighted by Crippen LogP contribution is -2.16. The van der Waals surface area contributed by atoms with Crippen molar-refractivity contribution in [3.05, 3.63) is 150 Å². The Morgan fingerprint density at radius 3 is 1.28 bits per heavy atom. The smallest absolute Gasteiger partial charge is 0.326 e. The fraction of sp³-hybridized carbons (Fsp3) is 0.450. The number of alkyl halides is 1. The normalized spacial score (nSPS) is 10.3. The molecule has 56 heteroatoms.